The largest absolute Gasteiger partial charge is 0.468 e. The van der Waals surface area contributed by atoms with Crippen molar-refractivity contribution in [2.24, 2.45) is 0 Å². The fourth-order valence-electron chi connectivity index (χ4n) is 1.61. The average Bonchev–Trinajstić information content (AvgIpc) is 2.29. The number of benzene rings is 1. The summed E-state index contributed by atoms with van der Waals surface area (Å²) in [6.45, 7) is 0. The molecule has 0 N–H and O–H groups in total. The Kier molecular flexibility index (Phi) is 2.77. The standard InChI is InChI=1S/C11H10O3S/c1-14-11(13)10-8-5-3-2-4-7(8)9(12)6-15-10/h2-5,10H,6H2,1H3. The second-order valence-corrected chi connectivity index (χ2v) is 4.32. The summed E-state index contributed by atoms with van der Waals surface area (Å²) in [7, 11) is 1.36. The van der Waals surface area contributed by atoms with E-state index in [1.54, 1.807) is 18.2 Å². The smallest absolute Gasteiger partial charge is 0.323 e. The van der Waals surface area contributed by atoms with Gasteiger partial charge in [-0.15, -0.1) is 11.8 Å². The summed E-state index contributed by atoms with van der Waals surface area (Å²) in [6.07, 6.45) is 0. The molecule has 0 aliphatic carbocycles. The maximum absolute atomic E-state index is 11.6. The SMILES string of the molecule is COC(=O)C1SCC(=O)c2ccccc21. The molecule has 0 aromatic heterocycles. The molecule has 3 nitrogen and oxygen atoms in total. The molecule has 2 rings (SSSR count). The first kappa shape index (κ1) is 10.2. The zero-order valence-electron chi connectivity index (χ0n) is 8.23. The molecule has 0 bridgehead atoms. The van der Waals surface area contributed by atoms with E-state index >= 15 is 0 Å². The van der Waals surface area contributed by atoms with Gasteiger partial charge in [-0.25, -0.2) is 0 Å². The highest BCUT2D eigenvalue weighted by atomic mass is 32.2. The first-order valence-corrected chi connectivity index (χ1v) is 5.60. The van der Waals surface area contributed by atoms with E-state index in [0.717, 1.165) is 5.56 Å². The van der Waals surface area contributed by atoms with Crippen LogP contribution < -0.4 is 0 Å². The minimum atomic E-state index is -0.358. The van der Waals surface area contributed by atoms with Crippen molar-refractivity contribution in [2.75, 3.05) is 12.9 Å². The predicted octanol–water partition coefficient (Wildman–Crippen LogP) is 1.83. The molecule has 1 atom stereocenters. The Labute approximate surface area is 91.8 Å². The normalized spacial score (nSPS) is 19.5. The van der Waals surface area contributed by atoms with Crippen molar-refractivity contribution < 1.29 is 14.3 Å². The van der Waals surface area contributed by atoms with Gasteiger partial charge < -0.3 is 4.74 Å². The van der Waals surface area contributed by atoms with Gasteiger partial charge in [0, 0.05) is 5.56 Å². The van der Waals surface area contributed by atoms with Crippen LogP contribution in [0.25, 0.3) is 0 Å². The van der Waals surface area contributed by atoms with Crippen LogP contribution in [-0.4, -0.2) is 24.6 Å². The molecule has 78 valence electrons. The van der Waals surface area contributed by atoms with Gasteiger partial charge in [-0.1, -0.05) is 24.3 Å². The summed E-state index contributed by atoms with van der Waals surface area (Å²) < 4.78 is 4.71. The first-order valence-electron chi connectivity index (χ1n) is 4.55. The fourth-order valence-corrected chi connectivity index (χ4v) is 2.70. The molecular formula is C11H10O3S. The molecule has 0 spiro atoms. The number of ether oxygens (including phenoxy) is 1. The topological polar surface area (TPSA) is 43.4 Å². The van der Waals surface area contributed by atoms with E-state index in [0.29, 0.717) is 11.3 Å². The summed E-state index contributed by atoms with van der Waals surface area (Å²) in [6, 6.07) is 7.20. The second-order valence-electron chi connectivity index (χ2n) is 3.22. The van der Waals surface area contributed by atoms with Crippen LogP contribution in [0.4, 0.5) is 0 Å². The Balaban J connectivity index is 2.44. The Bertz CT molecular complexity index is 414. The molecular weight excluding hydrogens is 212 g/mol. The van der Waals surface area contributed by atoms with E-state index in [1.165, 1.54) is 18.9 Å². The highest BCUT2D eigenvalue weighted by Crippen LogP contribution is 2.37. The summed E-state index contributed by atoms with van der Waals surface area (Å²) in [5.74, 6) is 0.132. The van der Waals surface area contributed by atoms with Crippen molar-refractivity contribution >= 4 is 23.5 Å². The Morgan fingerprint density at radius 2 is 2.20 bits per heavy atom. The molecule has 1 aliphatic heterocycles. The lowest BCUT2D eigenvalue weighted by Gasteiger charge is -2.21. The third kappa shape index (κ3) is 1.77. The number of hydrogen-bond acceptors (Lipinski definition) is 4. The molecule has 15 heavy (non-hydrogen) atoms. The van der Waals surface area contributed by atoms with Crippen LogP contribution in [0.15, 0.2) is 24.3 Å². The van der Waals surface area contributed by atoms with Crippen molar-refractivity contribution in [2.45, 2.75) is 5.25 Å². The summed E-state index contributed by atoms with van der Waals surface area (Å²) in [5.41, 5.74) is 1.41. The lowest BCUT2D eigenvalue weighted by atomic mass is 10.0. The van der Waals surface area contributed by atoms with E-state index in [4.69, 9.17) is 4.74 Å². The fraction of sp³-hybridized carbons (Fsp3) is 0.273. The van der Waals surface area contributed by atoms with E-state index < -0.39 is 0 Å². The molecule has 0 saturated heterocycles. The number of esters is 1. The van der Waals surface area contributed by atoms with Crippen molar-refractivity contribution in [1.29, 1.82) is 0 Å². The summed E-state index contributed by atoms with van der Waals surface area (Å²) in [4.78, 5) is 23.1. The number of methoxy groups -OCH3 is 1. The molecule has 1 aliphatic rings. The lowest BCUT2D eigenvalue weighted by Crippen LogP contribution is -2.21. The van der Waals surface area contributed by atoms with Gasteiger partial charge in [0.1, 0.15) is 5.25 Å². The van der Waals surface area contributed by atoms with Gasteiger partial charge in [0.05, 0.1) is 12.9 Å². The van der Waals surface area contributed by atoms with E-state index in [1.807, 2.05) is 6.07 Å². The molecule has 1 aromatic carbocycles. The minimum Gasteiger partial charge on any atom is -0.468 e. The number of rotatable bonds is 1. The summed E-state index contributed by atoms with van der Waals surface area (Å²) in [5, 5.41) is -0.358. The molecule has 4 heteroatoms. The van der Waals surface area contributed by atoms with Crippen LogP contribution in [0.2, 0.25) is 0 Å². The van der Waals surface area contributed by atoms with Crippen molar-refractivity contribution in [3.8, 4) is 0 Å². The minimum absolute atomic E-state index is 0.0794. The highest BCUT2D eigenvalue weighted by molar-refractivity contribution is 8.01. The molecule has 0 fully saturated rings. The molecule has 1 heterocycles. The van der Waals surface area contributed by atoms with E-state index in [2.05, 4.69) is 0 Å². The molecule has 1 unspecified atom stereocenters. The third-order valence-electron chi connectivity index (χ3n) is 2.34. The zero-order chi connectivity index (χ0) is 10.8. The number of hydrogen-bond donors (Lipinski definition) is 0. The number of carbonyl (C=O) groups is 2. The van der Waals surface area contributed by atoms with Gasteiger partial charge in [-0.05, 0) is 5.56 Å². The molecule has 0 radical (unpaired) electrons. The van der Waals surface area contributed by atoms with Crippen LogP contribution in [-0.2, 0) is 9.53 Å². The van der Waals surface area contributed by atoms with Crippen molar-refractivity contribution in [1.82, 2.24) is 0 Å². The maximum atomic E-state index is 11.6. The molecule has 0 amide bonds. The Morgan fingerprint density at radius 3 is 2.93 bits per heavy atom. The van der Waals surface area contributed by atoms with Crippen LogP contribution >= 0.6 is 11.8 Å². The zero-order valence-corrected chi connectivity index (χ0v) is 9.04. The first-order chi connectivity index (χ1) is 7.24. The van der Waals surface area contributed by atoms with Crippen LogP contribution in [0.1, 0.15) is 21.2 Å². The average molecular weight is 222 g/mol. The number of thioether (sulfide) groups is 1. The number of Topliss-reactive ketones (excluding diaryl/α,β-unsaturated/α-hetero) is 1. The predicted molar refractivity (Wildman–Crippen MR) is 58.0 cm³/mol. The molecule has 0 saturated carbocycles. The number of carbonyl (C=O) groups excluding carboxylic acids is 2. The second kappa shape index (κ2) is 4.06. The number of fused-ring (bicyclic) bond motifs is 1. The van der Waals surface area contributed by atoms with Crippen LogP contribution in [0.5, 0.6) is 0 Å². The quantitative estimate of drug-likeness (QED) is 0.680. The third-order valence-corrected chi connectivity index (χ3v) is 3.55. The van der Waals surface area contributed by atoms with Crippen LogP contribution in [0.3, 0.4) is 0 Å². The van der Waals surface area contributed by atoms with Crippen molar-refractivity contribution in [3.05, 3.63) is 35.4 Å². The Hall–Kier alpha value is -1.29. The molecule has 1 aromatic rings. The van der Waals surface area contributed by atoms with Gasteiger partial charge in [-0.2, -0.15) is 0 Å². The monoisotopic (exact) mass is 222 g/mol. The van der Waals surface area contributed by atoms with Gasteiger partial charge in [0.2, 0.25) is 0 Å². The van der Waals surface area contributed by atoms with E-state index in [-0.39, 0.29) is 17.0 Å². The van der Waals surface area contributed by atoms with Gasteiger partial charge in [-0.3, -0.25) is 9.59 Å². The number of ketones is 1. The van der Waals surface area contributed by atoms with Gasteiger partial charge >= 0.3 is 5.97 Å². The lowest BCUT2D eigenvalue weighted by molar-refractivity contribution is -0.140. The van der Waals surface area contributed by atoms with Crippen molar-refractivity contribution in [3.63, 3.8) is 0 Å². The highest BCUT2D eigenvalue weighted by Gasteiger charge is 2.31. The summed E-state index contributed by atoms with van der Waals surface area (Å²) >= 11 is 1.32. The van der Waals surface area contributed by atoms with Crippen LogP contribution in [0, 0.1) is 0 Å². The van der Waals surface area contributed by atoms with Gasteiger partial charge in [0.15, 0.2) is 5.78 Å². The Morgan fingerprint density at radius 1 is 1.47 bits per heavy atom. The van der Waals surface area contributed by atoms with E-state index in [9.17, 15) is 9.59 Å². The van der Waals surface area contributed by atoms with Gasteiger partial charge in [0.25, 0.3) is 0 Å². The maximum Gasteiger partial charge on any atom is 0.323 e.